The Labute approximate surface area is 173 Å². The molecule has 150 valence electrons. The van der Waals surface area contributed by atoms with E-state index in [1.54, 1.807) is 41.3 Å². The number of rotatable bonds is 6. The summed E-state index contributed by atoms with van der Waals surface area (Å²) in [6, 6.07) is 13.7. The molecule has 1 aliphatic heterocycles. The lowest BCUT2D eigenvalue weighted by Gasteiger charge is -2.20. The smallest absolute Gasteiger partial charge is 0.339 e. The highest BCUT2D eigenvalue weighted by molar-refractivity contribution is 6.34. The van der Waals surface area contributed by atoms with E-state index in [9.17, 15) is 14.4 Å². The van der Waals surface area contributed by atoms with Crippen molar-refractivity contribution in [3.63, 3.8) is 0 Å². The van der Waals surface area contributed by atoms with Gasteiger partial charge in [-0.1, -0.05) is 41.9 Å². The molecule has 0 radical (unpaired) electrons. The van der Waals surface area contributed by atoms with Crippen LogP contribution in [0.2, 0.25) is 5.02 Å². The Morgan fingerprint density at radius 1 is 1.14 bits per heavy atom. The Morgan fingerprint density at radius 3 is 2.55 bits per heavy atom. The lowest BCUT2D eigenvalue weighted by atomic mass is 10.1. The van der Waals surface area contributed by atoms with Crippen LogP contribution >= 0.6 is 11.6 Å². The number of amides is 2. The fourth-order valence-electron chi connectivity index (χ4n) is 3.33. The van der Waals surface area contributed by atoms with Gasteiger partial charge in [-0.3, -0.25) is 9.59 Å². The molecule has 29 heavy (non-hydrogen) atoms. The van der Waals surface area contributed by atoms with Gasteiger partial charge in [-0.2, -0.15) is 0 Å². The molecule has 2 fully saturated rings. The maximum atomic E-state index is 12.8. The minimum Gasteiger partial charge on any atom is -0.444 e. The summed E-state index contributed by atoms with van der Waals surface area (Å²) in [5.41, 5.74) is 1.33. The molecule has 7 heteroatoms. The van der Waals surface area contributed by atoms with Crippen LogP contribution in [0.1, 0.15) is 47.7 Å². The highest BCUT2D eigenvalue weighted by Crippen LogP contribution is 2.31. The first kappa shape index (κ1) is 19.5. The van der Waals surface area contributed by atoms with Crippen molar-refractivity contribution in [3.8, 4) is 0 Å². The molecule has 2 aromatic carbocycles. The first-order chi connectivity index (χ1) is 14.0. The van der Waals surface area contributed by atoms with Crippen molar-refractivity contribution in [2.75, 3.05) is 11.4 Å². The Bertz CT molecular complexity index is 943. The quantitative estimate of drug-likeness (QED) is 0.735. The summed E-state index contributed by atoms with van der Waals surface area (Å²) in [6.45, 7) is 0.563. The zero-order valence-electron chi connectivity index (χ0n) is 15.8. The van der Waals surface area contributed by atoms with Gasteiger partial charge in [0.2, 0.25) is 12.0 Å². The van der Waals surface area contributed by atoms with Crippen molar-refractivity contribution < 1.29 is 19.1 Å². The average molecular weight is 413 g/mol. The highest BCUT2D eigenvalue weighted by Gasteiger charge is 2.31. The van der Waals surface area contributed by atoms with E-state index in [2.05, 4.69) is 5.32 Å². The summed E-state index contributed by atoms with van der Waals surface area (Å²) < 4.78 is 5.60. The zero-order valence-corrected chi connectivity index (χ0v) is 16.5. The number of ether oxygens (including phenoxy) is 1. The Morgan fingerprint density at radius 2 is 1.90 bits per heavy atom. The number of carbonyl (C=O) groups is 3. The van der Waals surface area contributed by atoms with Gasteiger partial charge in [-0.15, -0.1) is 0 Å². The first-order valence-corrected chi connectivity index (χ1v) is 10.1. The zero-order chi connectivity index (χ0) is 20.4. The van der Waals surface area contributed by atoms with Crippen molar-refractivity contribution in [1.82, 2.24) is 5.32 Å². The molecule has 2 amide bonds. The Balaban J connectivity index is 1.57. The Kier molecular flexibility index (Phi) is 5.53. The molecule has 0 unspecified atom stereocenters. The maximum Gasteiger partial charge on any atom is 0.339 e. The summed E-state index contributed by atoms with van der Waals surface area (Å²) in [7, 11) is 0. The lowest BCUT2D eigenvalue weighted by Crippen LogP contribution is -2.33. The van der Waals surface area contributed by atoms with Crippen molar-refractivity contribution in [2.45, 2.75) is 37.8 Å². The summed E-state index contributed by atoms with van der Waals surface area (Å²) in [5, 5.41) is 3.28. The minimum atomic E-state index is -1.04. The molecule has 0 spiro atoms. The second-order valence-corrected chi connectivity index (χ2v) is 7.70. The summed E-state index contributed by atoms with van der Waals surface area (Å²) in [4.78, 5) is 39.2. The van der Waals surface area contributed by atoms with Crippen LogP contribution in [-0.4, -0.2) is 30.4 Å². The molecule has 2 aromatic rings. The Hall–Kier alpha value is -2.86. The van der Waals surface area contributed by atoms with Gasteiger partial charge in [0, 0.05) is 24.6 Å². The van der Waals surface area contributed by atoms with Crippen molar-refractivity contribution in [3.05, 3.63) is 64.7 Å². The van der Waals surface area contributed by atoms with Crippen LogP contribution < -0.4 is 10.2 Å². The van der Waals surface area contributed by atoms with E-state index < -0.39 is 12.1 Å². The number of nitrogens with zero attached hydrogens (tertiary/aromatic N) is 1. The van der Waals surface area contributed by atoms with Gasteiger partial charge in [0.1, 0.15) is 0 Å². The first-order valence-electron chi connectivity index (χ1n) is 9.69. The van der Waals surface area contributed by atoms with Crippen LogP contribution in [-0.2, 0) is 14.3 Å². The summed E-state index contributed by atoms with van der Waals surface area (Å²) in [6.07, 6.45) is 2.04. The molecular weight excluding hydrogens is 392 g/mol. The molecule has 1 heterocycles. The van der Waals surface area contributed by atoms with E-state index in [4.69, 9.17) is 16.3 Å². The summed E-state index contributed by atoms with van der Waals surface area (Å²) in [5.74, 6) is -1.01. The summed E-state index contributed by atoms with van der Waals surface area (Å²) >= 11 is 6.25. The van der Waals surface area contributed by atoms with Gasteiger partial charge in [0.05, 0.1) is 16.3 Å². The number of hydrogen-bond donors (Lipinski definition) is 1. The van der Waals surface area contributed by atoms with E-state index in [0.29, 0.717) is 29.2 Å². The molecule has 0 bridgehead atoms. The van der Waals surface area contributed by atoms with E-state index in [0.717, 1.165) is 19.3 Å². The fourth-order valence-corrected chi connectivity index (χ4v) is 3.55. The molecule has 0 aromatic heterocycles. The number of halogens is 1. The van der Waals surface area contributed by atoms with Crippen molar-refractivity contribution in [1.29, 1.82) is 0 Å². The van der Waals surface area contributed by atoms with Gasteiger partial charge in [0.25, 0.3) is 5.91 Å². The van der Waals surface area contributed by atoms with Gasteiger partial charge >= 0.3 is 5.97 Å². The monoisotopic (exact) mass is 412 g/mol. The van der Waals surface area contributed by atoms with Crippen molar-refractivity contribution >= 4 is 35.1 Å². The van der Waals surface area contributed by atoms with Crippen LogP contribution in [0.25, 0.3) is 0 Å². The van der Waals surface area contributed by atoms with Gasteiger partial charge in [0.15, 0.2) is 0 Å². The number of nitrogens with one attached hydrogen (secondary N) is 1. The van der Waals surface area contributed by atoms with Crippen LogP contribution in [0.15, 0.2) is 48.5 Å². The van der Waals surface area contributed by atoms with Crippen LogP contribution in [0.5, 0.6) is 0 Å². The number of hydrogen-bond acceptors (Lipinski definition) is 4. The van der Waals surface area contributed by atoms with Crippen LogP contribution in [0.4, 0.5) is 5.69 Å². The number of anilines is 1. The molecule has 6 nitrogen and oxygen atoms in total. The molecule has 1 aliphatic carbocycles. The van der Waals surface area contributed by atoms with Gasteiger partial charge in [-0.25, -0.2) is 4.79 Å². The van der Waals surface area contributed by atoms with Crippen LogP contribution in [0, 0.1) is 0 Å². The minimum absolute atomic E-state index is 0.0246. The third-order valence-electron chi connectivity index (χ3n) is 5.04. The van der Waals surface area contributed by atoms with Crippen molar-refractivity contribution in [2.24, 2.45) is 0 Å². The number of esters is 1. The number of carbonyl (C=O) groups excluding carboxylic acids is 3. The van der Waals surface area contributed by atoms with E-state index >= 15 is 0 Å². The fraction of sp³-hybridized carbons (Fsp3) is 0.318. The van der Waals surface area contributed by atoms with E-state index in [1.165, 1.54) is 6.07 Å². The van der Waals surface area contributed by atoms with E-state index in [-0.39, 0.29) is 23.4 Å². The molecule has 1 atom stereocenters. The second kappa shape index (κ2) is 8.25. The topological polar surface area (TPSA) is 75.7 Å². The standard InChI is InChI=1S/C22H21ClN2O4/c23-17-11-8-15(13-18(17)25-12-4-7-19(25)26)22(28)29-20(14-5-2-1-3-6-14)21(27)24-16-9-10-16/h1-3,5-6,8,11,13,16,20H,4,7,9-10,12H2,(H,24,27)/t20-/m1/s1. The predicted octanol–water partition coefficient (Wildman–Crippen LogP) is 3.64. The number of benzene rings is 2. The third-order valence-corrected chi connectivity index (χ3v) is 5.35. The van der Waals surface area contributed by atoms with Crippen LogP contribution in [0.3, 0.4) is 0 Å². The van der Waals surface area contributed by atoms with Gasteiger partial charge < -0.3 is 15.0 Å². The molecule has 2 aliphatic rings. The SMILES string of the molecule is O=C(O[C@@H](C(=O)NC1CC1)c1ccccc1)c1ccc(Cl)c(N2CCCC2=O)c1. The molecule has 1 saturated carbocycles. The van der Waals surface area contributed by atoms with Gasteiger partial charge in [-0.05, 0) is 37.5 Å². The molecule has 1 N–H and O–H groups in total. The molecule has 4 rings (SSSR count). The predicted molar refractivity (Wildman–Crippen MR) is 109 cm³/mol. The largest absolute Gasteiger partial charge is 0.444 e. The highest BCUT2D eigenvalue weighted by atomic mass is 35.5. The normalized spacial score (nSPS) is 17.1. The average Bonchev–Trinajstić information content (AvgIpc) is 3.44. The molecular formula is C22H21ClN2O4. The second-order valence-electron chi connectivity index (χ2n) is 7.29. The third kappa shape index (κ3) is 4.43. The van der Waals surface area contributed by atoms with E-state index in [1.807, 2.05) is 6.07 Å². The lowest BCUT2D eigenvalue weighted by molar-refractivity contribution is -0.130. The maximum absolute atomic E-state index is 12.8. The molecule has 1 saturated heterocycles.